The number of benzene rings is 1. The van der Waals surface area contributed by atoms with Crippen LogP contribution in [0.25, 0.3) is 11.0 Å². The zero-order chi connectivity index (χ0) is 17.1. The van der Waals surface area contributed by atoms with E-state index in [2.05, 4.69) is 5.32 Å². The molecule has 1 heterocycles. The summed E-state index contributed by atoms with van der Waals surface area (Å²) < 4.78 is 10.7. The van der Waals surface area contributed by atoms with Crippen molar-refractivity contribution in [1.82, 2.24) is 5.32 Å². The van der Waals surface area contributed by atoms with Gasteiger partial charge in [-0.3, -0.25) is 9.59 Å². The Morgan fingerprint density at radius 2 is 2.00 bits per heavy atom. The molecule has 0 aliphatic heterocycles. The predicted molar refractivity (Wildman–Crippen MR) is 82.7 cm³/mol. The third kappa shape index (κ3) is 3.68. The van der Waals surface area contributed by atoms with Gasteiger partial charge in [-0.2, -0.15) is 0 Å². The summed E-state index contributed by atoms with van der Waals surface area (Å²) in [6.07, 6.45) is -0.884. The average molecular weight is 319 g/mol. The molecule has 2 rings (SSSR count). The van der Waals surface area contributed by atoms with Crippen molar-refractivity contribution in [3.63, 3.8) is 0 Å². The zero-order valence-corrected chi connectivity index (χ0v) is 13.0. The molecule has 1 aromatic heterocycles. The number of aryl methyl sites for hydroxylation is 1. The van der Waals surface area contributed by atoms with Crippen LogP contribution >= 0.6 is 0 Å². The monoisotopic (exact) mass is 319 g/mol. The van der Waals surface area contributed by atoms with E-state index in [0.29, 0.717) is 16.9 Å². The second-order valence-corrected chi connectivity index (χ2v) is 5.17. The molecule has 1 amide bonds. The van der Waals surface area contributed by atoms with E-state index in [-0.39, 0.29) is 0 Å². The van der Waals surface area contributed by atoms with Crippen LogP contribution in [0.2, 0.25) is 0 Å². The quantitative estimate of drug-likeness (QED) is 0.806. The standard InChI is InChI=1S/C16H17NO6/c1-8-9(2)16(21)23-13-6-11(4-5-12(8)13)22-10(3)15(20)17-7-14(18)19/h4-6,10H,7H2,1-3H3,(H,17,20)(H,18,19)/t10-/m0/s1. The normalized spacial score (nSPS) is 12.0. The third-order valence-corrected chi connectivity index (χ3v) is 3.52. The maximum Gasteiger partial charge on any atom is 0.339 e. The van der Waals surface area contributed by atoms with Crippen molar-refractivity contribution in [2.45, 2.75) is 26.9 Å². The highest BCUT2D eigenvalue weighted by Crippen LogP contribution is 2.24. The predicted octanol–water partition coefficient (Wildman–Crippen LogP) is 1.38. The van der Waals surface area contributed by atoms with E-state index in [4.69, 9.17) is 14.3 Å². The Hall–Kier alpha value is -2.83. The van der Waals surface area contributed by atoms with Crippen molar-refractivity contribution in [2.75, 3.05) is 6.54 Å². The van der Waals surface area contributed by atoms with Crippen LogP contribution < -0.4 is 15.7 Å². The second-order valence-electron chi connectivity index (χ2n) is 5.17. The van der Waals surface area contributed by atoms with Gasteiger partial charge in [0.1, 0.15) is 17.9 Å². The number of hydrogen-bond acceptors (Lipinski definition) is 5. The average Bonchev–Trinajstić information content (AvgIpc) is 2.50. The number of rotatable bonds is 5. The number of carbonyl (C=O) groups excluding carboxylic acids is 1. The second kappa shape index (κ2) is 6.51. The summed E-state index contributed by atoms with van der Waals surface area (Å²) in [5.74, 6) is -1.33. The van der Waals surface area contributed by atoms with Crippen LogP contribution in [0.15, 0.2) is 27.4 Å². The maximum atomic E-state index is 11.7. The highest BCUT2D eigenvalue weighted by atomic mass is 16.5. The number of amides is 1. The Labute approximate surface area is 131 Å². The first-order valence-corrected chi connectivity index (χ1v) is 7.00. The van der Waals surface area contributed by atoms with Gasteiger partial charge in [0.15, 0.2) is 6.10 Å². The van der Waals surface area contributed by atoms with Crippen LogP contribution in [0.1, 0.15) is 18.1 Å². The molecule has 1 aromatic carbocycles. The number of ether oxygens (including phenoxy) is 1. The minimum Gasteiger partial charge on any atom is -0.481 e. The van der Waals surface area contributed by atoms with Gasteiger partial charge in [-0.1, -0.05) is 0 Å². The molecule has 122 valence electrons. The number of carbonyl (C=O) groups is 2. The fraction of sp³-hybridized carbons (Fsp3) is 0.312. The van der Waals surface area contributed by atoms with E-state index in [0.717, 1.165) is 10.9 Å². The van der Waals surface area contributed by atoms with E-state index in [1.807, 2.05) is 6.92 Å². The summed E-state index contributed by atoms with van der Waals surface area (Å²) in [7, 11) is 0. The fourth-order valence-electron chi connectivity index (χ4n) is 2.07. The van der Waals surface area contributed by atoms with Gasteiger partial charge in [0.05, 0.1) is 0 Å². The molecule has 1 atom stereocenters. The molecule has 23 heavy (non-hydrogen) atoms. The van der Waals surface area contributed by atoms with E-state index in [9.17, 15) is 14.4 Å². The van der Waals surface area contributed by atoms with E-state index < -0.39 is 30.2 Å². The first kappa shape index (κ1) is 16.5. The van der Waals surface area contributed by atoms with E-state index in [1.54, 1.807) is 19.1 Å². The van der Waals surface area contributed by atoms with E-state index >= 15 is 0 Å². The van der Waals surface area contributed by atoms with Gasteiger partial charge >= 0.3 is 11.6 Å². The first-order chi connectivity index (χ1) is 10.8. The van der Waals surface area contributed by atoms with Crippen molar-refractivity contribution in [3.8, 4) is 5.75 Å². The highest BCUT2D eigenvalue weighted by molar-refractivity contribution is 5.85. The molecule has 0 bridgehead atoms. The number of carboxylic acids is 1. The lowest BCUT2D eigenvalue weighted by Crippen LogP contribution is -2.39. The number of carboxylic acid groups (broad SMARTS) is 1. The van der Waals surface area contributed by atoms with Crippen molar-refractivity contribution in [3.05, 3.63) is 39.7 Å². The Morgan fingerprint density at radius 1 is 1.30 bits per heavy atom. The van der Waals surface area contributed by atoms with Crippen LogP contribution in [0.4, 0.5) is 0 Å². The first-order valence-electron chi connectivity index (χ1n) is 7.00. The summed E-state index contributed by atoms with van der Waals surface area (Å²) in [5, 5.41) is 11.5. The van der Waals surface area contributed by atoms with Crippen LogP contribution in [-0.2, 0) is 9.59 Å². The lowest BCUT2D eigenvalue weighted by molar-refractivity contribution is -0.139. The molecule has 2 N–H and O–H groups in total. The largest absolute Gasteiger partial charge is 0.481 e. The molecule has 0 aliphatic rings. The van der Waals surface area contributed by atoms with Crippen molar-refractivity contribution < 1.29 is 23.8 Å². The topological polar surface area (TPSA) is 106 Å². The number of fused-ring (bicyclic) bond motifs is 1. The SMILES string of the molecule is Cc1c(C)c2ccc(O[C@@H](C)C(=O)NCC(=O)O)cc2oc1=O. The molecular formula is C16H17NO6. The highest BCUT2D eigenvalue weighted by Gasteiger charge is 2.16. The molecule has 7 nitrogen and oxygen atoms in total. The summed E-state index contributed by atoms with van der Waals surface area (Å²) in [6.45, 7) is 4.55. The minimum atomic E-state index is -1.14. The number of aliphatic carboxylic acids is 1. The van der Waals surface area contributed by atoms with Crippen LogP contribution in [0.3, 0.4) is 0 Å². The molecule has 0 unspecified atom stereocenters. The van der Waals surface area contributed by atoms with Gasteiger partial charge in [-0.25, -0.2) is 4.79 Å². The Bertz CT molecular complexity index is 823. The molecule has 0 fully saturated rings. The fourth-order valence-corrected chi connectivity index (χ4v) is 2.07. The molecule has 0 aliphatic carbocycles. The van der Waals surface area contributed by atoms with Crippen LogP contribution in [-0.4, -0.2) is 29.6 Å². The Morgan fingerprint density at radius 3 is 2.65 bits per heavy atom. The lowest BCUT2D eigenvalue weighted by atomic mass is 10.1. The van der Waals surface area contributed by atoms with E-state index in [1.165, 1.54) is 13.0 Å². The van der Waals surface area contributed by atoms with Gasteiger partial charge in [0, 0.05) is 17.0 Å². The van der Waals surface area contributed by atoms with Crippen molar-refractivity contribution >= 4 is 22.8 Å². The zero-order valence-electron chi connectivity index (χ0n) is 13.0. The molecular weight excluding hydrogens is 302 g/mol. The Kier molecular flexibility index (Phi) is 4.68. The molecule has 0 saturated heterocycles. The van der Waals surface area contributed by atoms with Gasteiger partial charge in [-0.05, 0) is 38.5 Å². The van der Waals surface area contributed by atoms with Crippen molar-refractivity contribution in [1.29, 1.82) is 0 Å². The summed E-state index contributed by atoms with van der Waals surface area (Å²) in [6, 6.07) is 4.94. The van der Waals surface area contributed by atoms with Crippen molar-refractivity contribution in [2.24, 2.45) is 0 Å². The minimum absolute atomic E-state index is 0.349. The molecule has 0 spiro atoms. The lowest BCUT2D eigenvalue weighted by Gasteiger charge is -2.14. The van der Waals surface area contributed by atoms with Gasteiger partial charge in [0.25, 0.3) is 5.91 Å². The Balaban J connectivity index is 2.21. The summed E-state index contributed by atoms with van der Waals surface area (Å²) >= 11 is 0. The van der Waals surface area contributed by atoms with Gasteiger partial charge in [-0.15, -0.1) is 0 Å². The molecule has 0 saturated carbocycles. The third-order valence-electron chi connectivity index (χ3n) is 3.52. The number of nitrogens with one attached hydrogen (secondary N) is 1. The summed E-state index contributed by atoms with van der Waals surface area (Å²) in [4.78, 5) is 33.8. The van der Waals surface area contributed by atoms with Crippen LogP contribution in [0, 0.1) is 13.8 Å². The number of hydrogen-bond donors (Lipinski definition) is 2. The van der Waals surface area contributed by atoms with Crippen LogP contribution in [0.5, 0.6) is 5.75 Å². The summed E-state index contributed by atoms with van der Waals surface area (Å²) in [5.41, 5.74) is 1.33. The smallest absolute Gasteiger partial charge is 0.339 e. The molecule has 0 radical (unpaired) electrons. The van der Waals surface area contributed by atoms with Gasteiger partial charge < -0.3 is 19.6 Å². The molecule has 2 aromatic rings. The van der Waals surface area contributed by atoms with Gasteiger partial charge in [0.2, 0.25) is 0 Å². The molecule has 7 heteroatoms. The maximum absolute atomic E-state index is 11.7.